The molecule has 0 unspecified atom stereocenters. The van der Waals surface area contributed by atoms with Crippen LogP contribution in [0.5, 0.6) is 0 Å². The zero-order valence-corrected chi connectivity index (χ0v) is 14.1. The minimum Gasteiger partial charge on any atom is -0.465 e. The Balaban J connectivity index is 2.19. The number of hydrogen-bond donors (Lipinski definition) is 2. The molecule has 2 N–H and O–H groups in total. The number of nitrogens with zero attached hydrogens (tertiary/aromatic N) is 2. The second kappa shape index (κ2) is 7.06. The monoisotopic (exact) mass is 373 g/mol. The van der Waals surface area contributed by atoms with Crippen molar-refractivity contribution in [1.29, 1.82) is 0 Å². The standard InChI is InChI=1S/C19H14F3N3O2/c1-11-7-15(24-18(26)27)17(12-5-3-2-4-6-12)25-16(11)13-8-14(10-23-9-13)19(20,21)22/h2-10,24H,1H3,(H,26,27). The van der Waals surface area contributed by atoms with E-state index in [4.69, 9.17) is 5.11 Å². The summed E-state index contributed by atoms with van der Waals surface area (Å²) < 4.78 is 39.0. The minimum atomic E-state index is -4.52. The van der Waals surface area contributed by atoms with Crippen LogP contribution in [0.4, 0.5) is 23.7 Å². The number of alkyl halides is 3. The number of pyridine rings is 2. The predicted molar refractivity (Wildman–Crippen MR) is 94.3 cm³/mol. The zero-order valence-electron chi connectivity index (χ0n) is 14.1. The maximum Gasteiger partial charge on any atom is 0.417 e. The SMILES string of the molecule is Cc1cc(NC(=O)O)c(-c2ccccc2)nc1-c1cncc(C(F)(F)F)c1. The molecule has 2 heterocycles. The van der Waals surface area contributed by atoms with Gasteiger partial charge < -0.3 is 5.11 Å². The normalized spacial score (nSPS) is 11.3. The molecule has 0 bridgehead atoms. The van der Waals surface area contributed by atoms with Crippen LogP contribution in [0.1, 0.15) is 11.1 Å². The summed E-state index contributed by atoms with van der Waals surface area (Å²) in [5, 5.41) is 11.4. The van der Waals surface area contributed by atoms with Crippen molar-refractivity contribution in [1.82, 2.24) is 9.97 Å². The minimum absolute atomic E-state index is 0.196. The van der Waals surface area contributed by atoms with Gasteiger partial charge in [0, 0.05) is 23.5 Å². The smallest absolute Gasteiger partial charge is 0.417 e. The Labute approximate surface area is 152 Å². The van der Waals surface area contributed by atoms with Crippen LogP contribution in [-0.4, -0.2) is 21.2 Å². The van der Waals surface area contributed by atoms with Gasteiger partial charge in [-0.2, -0.15) is 13.2 Å². The van der Waals surface area contributed by atoms with Gasteiger partial charge in [0.05, 0.1) is 22.6 Å². The molecular formula is C19H14F3N3O2. The summed E-state index contributed by atoms with van der Waals surface area (Å²) in [5.74, 6) is 0. The van der Waals surface area contributed by atoms with E-state index in [2.05, 4.69) is 15.3 Å². The third kappa shape index (κ3) is 4.05. The maximum atomic E-state index is 13.0. The van der Waals surface area contributed by atoms with Crippen LogP contribution in [0.25, 0.3) is 22.5 Å². The van der Waals surface area contributed by atoms with Crippen molar-refractivity contribution in [2.24, 2.45) is 0 Å². The van der Waals surface area contributed by atoms with Crippen molar-refractivity contribution in [3.8, 4) is 22.5 Å². The van der Waals surface area contributed by atoms with Gasteiger partial charge >= 0.3 is 12.3 Å². The fourth-order valence-electron chi connectivity index (χ4n) is 2.66. The average Bonchev–Trinajstić information content (AvgIpc) is 2.61. The largest absolute Gasteiger partial charge is 0.465 e. The van der Waals surface area contributed by atoms with Crippen molar-refractivity contribution < 1.29 is 23.1 Å². The average molecular weight is 373 g/mol. The molecule has 5 nitrogen and oxygen atoms in total. The summed E-state index contributed by atoms with van der Waals surface area (Å²) >= 11 is 0. The third-order valence-electron chi connectivity index (χ3n) is 3.84. The summed E-state index contributed by atoms with van der Waals surface area (Å²) in [6.07, 6.45) is -3.74. The molecule has 8 heteroatoms. The van der Waals surface area contributed by atoms with Crippen molar-refractivity contribution in [3.63, 3.8) is 0 Å². The lowest BCUT2D eigenvalue weighted by Gasteiger charge is -2.14. The van der Waals surface area contributed by atoms with Crippen molar-refractivity contribution in [3.05, 3.63) is 66.0 Å². The predicted octanol–water partition coefficient (Wildman–Crippen LogP) is 5.23. The van der Waals surface area contributed by atoms with Crippen molar-refractivity contribution in [2.45, 2.75) is 13.1 Å². The van der Waals surface area contributed by atoms with Gasteiger partial charge in [-0.15, -0.1) is 0 Å². The van der Waals surface area contributed by atoms with Gasteiger partial charge in [0.25, 0.3) is 0 Å². The summed E-state index contributed by atoms with van der Waals surface area (Å²) in [6, 6.07) is 11.3. The molecule has 1 amide bonds. The number of anilines is 1. The molecular weight excluding hydrogens is 359 g/mol. The van der Waals surface area contributed by atoms with Gasteiger partial charge in [-0.3, -0.25) is 10.3 Å². The van der Waals surface area contributed by atoms with Gasteiger partial charge in [-0.25, -0.2) is 9.78 Å². The van der Waals surface area contributed by atoms with Crippen LogP contribution in [0, 0.1) is 6.92 Å². The third-order valence-corrected chi connectivity index (χ3v) is 3.84. The van der Waals surface area contributed by atoms with E-state index in [0.29, 0.717) is 22.5 Å². The number of nitrogens with one attached hydrogen (secondary N) is 1. The van der Waals surface area contributed by atoms with Crippen molar-refractivity contribution >= 4 is 11.8 Å². The summed E-state index contributed by atoms with van der Waals surface area (Å²) in [6.45, 7) is 1.64. The van der Waals surface area contributed by atoms with Gasteiger partial charge in [-0.05, 0) is 24.6 Å². The molecule has 1 aromatic carbocycles. The van der Waals surface area contributed by atoms with Gasteiger partial charge in [0.2, 0.25) is 0 Å². The summed E-state index contributed by atoms with van der Waals surface area (Å²) in [5.41, 5.74) is 1.31. The van der Waals surface area contributed by atoms with E-state index in [-0.39, 0.29) is 11.3 Å². The van der Waals surface area contributed by atoms with Crippen LogP contribution in [-0.2, 0) is 6.18 Å². The summed E-state index contributed by atoms with van der Waals surface area (Å²) in [4.78, 5) is 19.2. The van der Waals surface area contributed by atoms with Crippen LogP contribution in [0.2, 0.25) is 0 Å². The van der Waals surface area contributed by atoms with Gasteiger partial charge in [-0.1, -0.05) is 30.3 Å². The van der Waals surface area contributed by atoms with Crippen LogP contribution in [0.3, 0.4) is 0 Å². The van der Waals surface area contributed by atoms with Crippen LogP contribution in [0.15, 0.2) is 54.9 Å². The van der Waals surface area contributed by atoms with Crippen LogP contribution < -0.4 is 5.32 Å². The molecule has 0 radical (unpaired) electrons. The van der Waals surface area contributed by atoms with E-state index in [1.165, 1.54) is 6.20 Å². The highest BCUT2D eigenvalue weighted by molar-refractivity contribution is 5.90. The first-order valence-electron chi connectivity index (χ1n) is 7.85. The Bertz CT molecular complexity index is 989. The molecule has 2 aromatic heterocycles. The Morgan fingerprint density at radius 2 is 1.74 bits per heavy atom. The Hall–Kier alpha value is -3.42. The van der Waals surface area contributed by atoms with Gasteiger partial charge in [0.15, 0.2) is 0 Å². The van der Waals surface area contributed by atoms with E-state index >= 15 is 0 Å². The maximum absolute atomic E-state index is 13.0. The lowest BCUT2D eigenvalue weighted by molar-refractivity contribution is -0.137. The zero-order chi connectivity index (χ0) is 19.6. The lowest BCUT2D eigenvalue weighted by Crippen LogP contribution is -2.10. The molecule has 0 saturated heterocycles. The fraction of sp³-hybridized carbons (Fsp3) is 0.105. The lowest BCUT2D eigenvalue weighted by atomic mass is 10.0. The molecule has 0 aliphatic rings. The Kier molecular flexibility index (Phi) is 4.81. The van der Waals surface area contributed by atoms with E-state index in [0.717, 1.165) is 12.3 Å². The highest BCUT2D eigenvalue weighted by Crippen LogP contribution is 2.35. The number of halogens is 3. The highest BCUT2D eigenvalue weighted by Gasteiger charge is 2.31. The quantitative estimate of drug-likeness (QED) is 0.659. The molecule has 138 valence electrons. The number of carbonyl (C=O) groups is 1. The first-order valence-corrected chi connectivity index (χ1v) is 7.85. The van der Waals surface area contributed by atoms with E-state index in [1.54, 1.807) is 43.3 Å². The van der Waals surface area contributed by atoms with Crippen molar-refractivity contribution in [2.75, 3.05) is 5.32 Å². The first kappa shape index (κ1) is 18.4. The number of aryl methyl sites for hydroxylation is 1. The molecule has 3 aromatic rings. The number of rotatable bonds is 3. The fourth-order valence-corrected chi connectivity index (χ4v) is 2.66. The molecule has 27 heavy (non-hydrogen) atoms. The molecule has 0 saturated carbocycles. The van der Waals surface area contributed by atoms with Crippen LogP contribution >= 0.6 is 0 Å². The number of aromatic nitrogens is 2. The topological polar surface area (TPSA) is 75.1 Å². The highest BCUT2D eigenvalue weighted by atomic mass is 19.4. The molecule has 0 aliphatic carbocycles. The first-order chi connectivity index (χ1) is 12.8. The molecule has 0 spiro atoms. The molecule has 0 atom stereocenters. The molecule has 0 aliphatic heterocycles. The summed E-state index contributed by atoms with van der Waals surface area (Å²) in [7, 11) is 0. The van der Waals surface area contributed by atoms with Gasteiger partial charge in [0.1, 0.15) is 0 Å². The Morgan fingerprint density at radius 1 is 1.04 bits per heavy atom. The second-order valence-corrected chi connectivity index (χ2v) is 5.81. The molecule has 0 fully saturated rings. The van der Waals surface area contributed by atoms with E-state index < -0.39 is 17.8 Å². The van der Waals surface area contributed by atoms with E-state index in [9.17, 15) is 18.0 Å². The number of carboxylic acid groups (broad SMARTS) is 1. The van der Waals surface area contributed by atoms with E-state index in [1.807, 2.05) is 0 Å². The Morgan fingerprint density at radius 3 is 2.37 bits per heavy atom. The molecule has 3 rings (SSSR count). The number of amides is 1. The number of hydrogen-bond acceptors (Lipinski definition) is 3. The second-order valence-electron chi connectivity index (χ2n) is 5.81. The number of benzene rings is 1.